The van der Waals surface area contributed by atoms with E-state index in [1.54, 1.807) is 41.6 Å². The normalized spacial score (nSPS) is 15.0. The van der Waals surface area contributed by atoms with Crippen molar-refractivity contribution < 1.29 is 17.9 Å². The summed E-state index contributed by atoms with van der Waals surface area (Å²) in [5.41, 5.74) is 0.882. The summed E-state index contributed by atoms with van der Waals surface area (Å²) in [4.78, 5) is 19.7. The Morgan fingerprint density at radius 3 is 2.62 bits per heavy atom. The number of aromatic nitrogens is 1. The Labute approximate surface area is 156 Å². The monoisotopic (exact) mass is 396 g/mol. The van der Waals surface area contributed by atoms with E-state index in [9.17, 15) is 13.2 Å². The Balaban J connectivity index is 1.59. The van der Waals surface area contributed by atoms with Crippen LogP contribution in [0.25, 0.3) is 0 Å². The van der Waals surface area contributed by atoms with Crippen LogP contribution in [0.5, 0.6) is 0 Å². The molecule has 8 nitrogen and oxygen atoms in total. The van der Waals surface area contributed by atoms with Crippen molar-refractivity contribution in [1.82, 2.24) is 9.88 Å². The number of ether oxygens (including phenoxy) is 1. The lowest BCUT2D eigenvalue weighted by Crippen LogP contribution is -2.49. The van der Waals surface area contributed by atoms with Crippen LogP contribution in [0.1, 0.15) is 6.92 Å². The third-order valence-corrected chi connectivity index (χ3v) is 6.67. The van der Waals surface area contributed by atoms with Crippen molar-refractivity contribution in [1.29, 1.82) is 0 Å². The van der Waals surface area contributed by atoms with Gasteiger partial charge in [0.2, 0.25) is 0 Å². The van der Waals surface area contributed by atoms with Crippen LogP contribution in [0, 0.1) is 0 Å². The minimum absolute atomic E-state index is 0.249. The van der Waals surface area contributed by atoms with Gasteiger partial charge in [-0.05, 0) is 30.5 Å². The van der Waals surface area contributed by atoms with Crippen molar-refractivity contribution in [3.63, 3.8) is 0 Å². The average molecular weight is 396 g/mol. The second-order valence-electron chi connectivity index (χ2n) is 5.61. The molecule has 140 valence electrons. The van der Waals surface area contributed by atoms with Crippen molar-refractivity contribution in [3.8, 4) is 0 Å². The molecule has 0 radical (unpaired) electrons. The van der Waals surface area contributed by atoms with Crippen LogP contribution in [0.4, 0.5) is 16.3 Å². The van der Waals surface area contributed by atoms with Gasteiger partial charge in [-0.25, -0.2) is 18.2 Å². The van der Waals surface area contributed by atoms with Gasteiger partial charge in [-0.15, -0.1) is 11.3 Å². The van der Waals surface area contributed by atoms with Gasteiger partial charge < -0.3 is 14.5 Å². The van der Waals surface area contributed by atoms with Crippen molar-refractivity contribution in [2.24, 2.45) is 0 Å². The molecule has 0 bridgehead atoms. The zero-order chi connectivity index (χ0) is 18.6. The summed E-state index contributed by atoms with van der Waals surface area (Å²) in [5.74, 6) is 0.271. The maximum absolute atomic E-state index is 12.2. The molecular formula is C16H20N4O4S2. The number of pyridine rings is 1. The average Bonchev–Trinajstić information content (AvgIpc) is 3.18. The van der Waals surface area contributed by atoms with Gasteiger partial charge in [-0.2, -0.15) is 0 Å². The number of hydrogen-bond donors (Lipinski definition) is 1. The van der Waals surface area contributed by atoms with Gasteiger partial charge in [0.15, 0.2) is 0 Å². The third-order valence-electron chi connectivity index (χ3n) is 3.92. The van der Waals surface area contributed by atoms with Gasteiger partial charge in [0.1, 0.15) is 10.0 Å². The molecule has 2 aromatic rings. The van der Waals surface area contributed by atoms with E-state index in [0.29, 0.717) is 32.8 Å². The number of carbonyl (C=O) groups excluding carboxylic acids is 1. The molecule has 0 spiro atoms. The molecule has 26 heavy (non-hydrogen) atoms. The number of nitrogens with one attached hydrogen (secondary N) is 1. The molecule has 3 heterocycles. The van der Waals surface area contributed by atoms with Crippen molar-refractivity contribution in [2.45, 2.75) is 11.1 Å². The van der Waals surface area contributed by atoms with E-state index >= 15 is 0 Å². The third kappa shape index (κ3) is 4.25. The van der Waals surface area contributed by atoms with Crippen LogP contribution in [0.15, 0.2) is 40.1 Å². The van der Waals surface area contributed by atoms with Crippen LogP contribution in [0.3, 0.4) is 0 Å². The van der Waals surface area contributed by atoms with Gasteiger partial charge in [0.05, 0.1) is 18.5 Å². The second-order valence-corrected chi connectivity index (χ2v) is 8.47. The number of nitrogens with zero attached hydrogens (tertiary/aromatic N) is 3. The van der Waals surface area contributed by atoms with Crippen LogP contribution in [0.2, 0.25) is 0 Å². The number of thiophene rings is 1. The topological polar surface area (TPSA) is 91.8 Å². The number of hydrogen-bond acceptors (Lipinski definition) is 7. The molecular weight excluding hydrogens is 376 g/mol. The summed E-state index contributed by atoms with van der Waals surface area (Å²) < 4.78 is 32.1. The lowest BCUT2D eigenvalue weighted by Gasteiger charge is -2.35. The Hall–Kier alpha value is -2.33. The summed E-state index contributed by atoms with van der Waals surface area (Å²) in [6.07, 6.45) is 1.34. The molecule has 1 N–H and O–H groups in total. The zero-order valence-corrected chi connectivity index (χ0v) is 15.9. The summed E-state index contributed by atoms with van der Waals surface area (Å²) in [6.45, 7) is 4.64. The molecule has 1 aliphatic heterocycles. The second kappa shape index (κ2) is 7.92. The van der Waals surface area contributed by atoms with E-state index in [1.165, 1.54) is 0 Å². The molecule has 1 fully saturated rings. The highest BCUT2D eigenvalue weighted by atomic mass is 32.2. The first kappa shape index (κ1) is 18.5. The molecule has 1 amide bonds. The molecule has 0 aromatic carbocycles. The minimum atomic E-state index is -3.60. The van der Waals surface area contributed by atoms with Crippen molar-refractivity contribution in [3.05, 3.63) is 35.8 Å². The Morgan fingerprint density at radius 2 is 2.04 bits per heavy atom. The van der Waals surface area contributed by atoms with E-state index in [2.05, 4.69) is 14.6 Å². The Kier molecular flexibility index (Phi) is 5.62. The summed E-state index contributed by atoms with van der Waals surface area (Å²) in [6, 6.07) is 6.69. The predicted octanol–water partition coefficient (Wildman–Crippen LogP) is 2.22. The smallest absolute Gasteiger partial charge is 0.409 e. The Morgan fingerprint density at radius 1 is 1.27 bits per heavy atom. The zero-order valence-electron chi connectivity index (χ0n) is 14.3. The van der Waals surface area contributed by atoms with E-state index in [-0.39, 0.29) is 16.1 Å². The van der Waals surface area contributed by atoms with E-state index in [1.807, 2.05) is 6.07 Å². The highest BCUT2D eigenvalue weighted by Gasteiger charge is 2.22. The maximum atomic E-state index is 12.2. The molecule has 2 aromatic heterocycles. The molecule has 1 saturated heterocycles. The molecule has 0 aliphatic carbocycles. The highest BCUT2D eigenvalue weighted by molar-refractivity contribution is 7.94. The largest absolute Gasteiger partial charge is 0.450 e. The quantitative estimate of drug-likeness (QED) is 0.833. The van der Waals surface area contributed by atoms with Crippen LogP contribution in [-0.2, 0) is 14.8 Å². The van der Waals surface area contributed by atoms with Crippen LogP contribution in [-0.4, -0.2) is 57.2 Å². The number of carbonyl (C=O) groups is 1. The lowest BCUT2D eigenvalue weighted by atomic mass is 10.3. The highest BCUT2D eigenvalue weighted by Crippen LogP contribution is 2.21. The van der Waals surface area contributed by atoms with Gasteiger partial charge >= 0.3 is 6.09 Å². The number of anilines is 2. The van der Waals surface area contributed by atoms with Crippen molar-refractivity contribution in [2.75, 3.05) is 42.4 Å². The number of amides is 1. The van der Waals surface area contributed by atoms with Gasteiger partial charge in [-0.3, -0.25) is 4.72 Å². The number of rotatable bonds is 5. The van der Waals surface area contributed by atoms with Crippen LogP contribution < -0.4 is 9.62 Å². The molecule has 10 heteroatoms. The first-order valence-corrected chi connectivity index (χ1v) is 10.5. The van der Waals surface area contributed by atoms with E-state index < -0.39 is 10.0 Å². The fourth-order valence-electron chi connectivity index (χ4n) is 2.60. The molecule has 0 saturated carbocycles. The first-order valence-electron chi connectivity index (χ1n) is 8.18. The maximum Gasteiger partial charge on any atom is 0.409 e. The van der Waals surface area contributed by atoms with Gasteiger partial charge in [0, 0.05) is 26.2 Å². The molecule has 0 unspecified atom stereocenters. The summed E-state index contributed by atoms with van der Waals surface area (Å²) in [5, 5.41) is 1.71. The van der Waals surface area contributed by atoms with Gasteiger partial charge in [0.25, 0.3) is 10.0 Å². The number of piperazine rings is 1. The van der Waals surface area contributed by atoms with E-state index in [0.717, 1.165) is 17.0 Å². The summed E-state index contributed by atoms with van der Waals surface area (Å²) in [7, 11) is -3.60. The molecule has 0 atom stereocenters. The SMILES string of the molecule is CCOC(=O)N1CCN(c2ccc(NS(=O)(=O)c3cccs3)nc2)CC1. The van der Waals surface area contributed by atoms with Crippen LogP contribution >= 0.6 is 11.3 Å². The lowest BCUT2D eigenvalue weighted by molar-refractivity contribution is 0.105. The summed E-state index contributed by atoms with van der Waals surface area (Å²) >= 11 is 1.15. The predicted molar refractivity (Wildman–Crippen MR) is 100 cm³/mol. The fourth-order valence-corrected chi connectivity index (χ4v) is 4.60. The number of sulfonamides is 1. The first-order chi connectivity index (χ1) is 12.5. The molecule has 1 aliphatic rings. The van der Waals surface area contributed by atoms with Gasteiger partial charge in [-0.1, -0.05) is 6.07 Å². The van der Waals surface area contributed by atoms with E-state index in [4.69, 9.17) is 4.74 Å². The van der Waals surface area contributed by atoms with Crippen molar-refractivity contribution >= 4 is 39.0 Å². The molecule has 3 rings (SSSR count). The minimum Gasteiger partial charge on any atom is -0.450 e. The Bertz CT molecular complexity index is 830. The standard InChI is InChI=1S/C16H20N4O4S2/c1-2-24-16(21)20-9-7-19(8-10-20)13-5-6-14(17-12-13)18-26(22,23)15-4-3-11-25-15/h3-6,11-12H,2,7-10H2,1H3,(H,17,18). The fraction of sp³-hybridized carbons (Fsp3) is 0.375.